The van der Waals surface area contributed by atoms with Crippen molar-refractivity contribution in [1.82, 2.24) is 5.01 Å². The number of hydrogen-bond donors (Lipinski definition) is 2. The van der Waals surface area contributed by atoms with Gasteiger partial charge in [0.05, 0.1) is 48.8 Å². The lowest BCUT2D eigenvalue weighted by molar-refractivity contribution is -0.139. The third-order valence-electron chi connectivity index (χ3n) is 11.9. The average Bonchev–Trinajstić information content (AvgIpc) is 3.59. The molecule has 56 heavy (non-hydrogen) atoms. The Kier molecular flexibility index (Phi) is 9.44. The van der Waals surface area contributed by atoms with E-state index in [9.17, 15) is 23.9 Å². The van der Waals surface area contributed by atoms with Gasteiger partial charge in [-0.2, -0.15) is 5.01 Å². The van der Waals surface area contributed by atoms with Gasteiger partial charge in [-0.3, -0.25) is 29.5 Å². The molecule has 1 saturated carbocycles. The zero-order valence-electron chi connectivity index (χ0n) is 30.9. The highest BCUT2D eigenvalue weighted by Crippen LogP contribution is 2.62. The Bertz CT molecular complexity index is 2290. The van der Waals surface area contributed by atoms with Crippen molar-refractivity contribution in [3.8, 4) is 17.2 Å². The standard InChI is InChI=1S/C44H39ClFN3O7/c1-4-24-5-16-30(17-6-24)48-40(51)32-19-18-31-33(38(32)42(48)53)23-35-41(52)49(47-29-14-12-28(46)13-15-29)43(54)44(35,26-8-10-27(45)11-9-26)34(31)20-7-25-21-36(55-2)39(50)37(22-25)56-3/h5-18,20-22,32-35,38,47,50H,4,19,23H2,1-3H3. The largest absolute Gasteiger partial charge is 0.502 e. The maximum atomic E-state index is 15.3. The van der Waals surface area contributed by atoms with Gasteiger partial charge in [-0.25, -0.2) is 4.39 Å². The minimum absolute atomic E-state index is 0.106. The summed E-state index contributed by atoms with van der Waals surface area (Å²) in [6.07, 6.45) is 6.76. The Hall–Kier alpha value is -5.94. The molecule has 10 nitrogen and oxygen atoms in total. The van der Waals surface area contributed by atoms with Crippen molar-refractivity contribution >= 4 is 52.7 Å². The van der Waals surface area contributed by atoms with Crippen LogP contribution in [0.15, 0.2) is 103 Å². The number of amides is 4. The van der Waals surface area contributed by atoms with Gasteiger partial charge in [0.1, 0.15) is 5.82 Å². The topological polar surface area (TPSA) is 125 Å². The van der Waals surface area contributed by atoms with Crippen molar-refractivity contribution in [2.24, 2.45) is 29.6 Å². The molecule has 4 aromatic carbocycles. The number of fused-ring (bicyclic) bond motifs is 4. The molecule has 2 saturated heterocycles. The molecule has 0 spiro atoms. The second-order valence-electron chi connectivity index (χ2n) is 14.6. The van der Waals surface area contributed by atoms with Crippen LogP contribution in [0, 0.1) is 35.4 Å². The van der Waals surface area contributed by atoms with Crippen LogP contribution in [0.4, 0.5) is 15.8 Å². The van der Waals surface area contributed by atoms with Gasteiger partial charge in [-0.05, 0) is 103 Å². The summed E-state index contributed by atoms with van der Waals surface area (Å²) in [5.41, 5.74) is 5.18. The molecule has 12 heteroatoms. The maximum Gasteiger partial charge on any atom is 0.260 e. The minimum Gasteiger partial charge on any atom is -0.502 e. The number of phenolic OH excluding ortho intramolecular Hbond substituents is 1. The lowest BCUT2D eigenvalue weighted by atomic mass is 9.50. The summed E-state index contributed by atoms with van der Waals surface area (Å²) in [4.78, 5) is 60.0. The molecule has 6 unspecified atom stereocenters. The molecular formula is C44H39ClFN3O7. The van der Waals surface area contributed by atoms with E-state index >= 15 is 4.79 Å². The number of aromatic hydroxyl groups is 1. The number of nitrogens with zero attached hydrogens (tertiary/aromatic N) is 2. The van der Waals surface area contributed by atoms with Gasteiger partial charge in [-0.15, -0.1) is 0 Å². The number of aryl methyl sites for hydroxylation is 1. The summed E-state index contributed by atoms with van der Waals surface area (Å²) >= 11 is 6.39. The molecular weight excluding hydrogens is 737 g/mol. The van der Waals surface area contributed by atoms with E-state index in [2.05, 4.69) is 5.43 Å². The van der Waals surface area contributed by atoms with Gasteiger partial charge >= 0.3 is 0 Å². The van der Waals surface area contributed by atoms with E-state index in [0.29, 0.717) is 27.5 Å². The van der Waals surface area contributed by atoms with E-state index in [0.717, 1.165) is 22.6 Å². The van der Waals surface area contributed by atoms with Crippen molar-refractivity contribution in [3.05, 3.63) is 130 Å². The number of halogens is 2. The van der Waals surface area contributed by atoms with Crippen LogP contribution in [0.25, 0.3) is 6.08 Å². The molecule has 8 rings (SSSR count). The van der Waals surface area contributed by atoms with Crippen LogP contribution in [0.5, 0.6) is 17.2 Å². The van der Waals surface area contributed by atoms with Crippen LogP contribution < -0.4 is 19.8 Å². The second-order valence-corrected chi connectivity index (χ2v) is 15.0. The highest BCUT2D eigenvalue weighted by molar-refractivity contribution is 6.30. The van der Waals surface area contributed by atoms with Crippen LogP contribution in [-0.2, 0) is 31.0 Å². The molecule has 4 aromatic rings. The van der Waals surface area contributed by atoms with Gasteiger partial charge < -0.3 is 14.6 Å². The van der Waals surface area contributed by atoms with Gasteiger partial charge in [-0.1, -0.05) is 66.6 Å². The van der Waals surface area contributed by atoms with Gasteiger partial charge in [0.25, 0.3) is 11.8 Å². The number of methoxy groups -OCH3 is 2. The molecule has 0 bridgehead atoms. The monoisotopic (exact) mass is 775 g/mol. The molecule has 6 atom stereocenters. The number of imide groups is 2. The number of ether oxygens (including phenoxy) is 2. The fourth-order valence-corrected chi connectivity index (χ4v) is 9.38. The third-order valence-corrected chi connectivity index (χ3v) is 12.2. The number of benzene rings is 4. The Morgan fingerprint density at radius 1 is 0.893 bits per heavy atom. The lowest BCUT2D eigenvalue weighted by Crippen LogP contribution is -2.54. The number of hydrazine groups is 1. The first kappa shape index (κ1) is 37.0. The first-order valence-electron chi connectivity index (χ1n) is 18.5. The van der Waals surface area contributed by atoms with E-state index < -0.39 is 52.6 Å². The maximum absolute atomic E-state index is 15.3. The number of carbonyl (C=O) groups excluding carboxylic acids is 4. The van der Waals surface area contributed by atoms with Crippen LogP contribution >= 0.6 is 11.6 Å². The molecule has 2 aliphatic heterocycles. The minimum atomic E-state index is -1.53. The number of anilines is 2. The Morgan fingerprint density at radius 2 is 1.55 bits per heavy atom. The summed E-state index contributed by atoms with van der Waals surface area (Å²) in [5, 5.41) is 12.1. The highest BCUT2D eigenvalue weighted by Gasteiger charge is 2.69. The summed E-state index contributed by atoms with van der Waals surface area (Å²) in [6.45, 7) is 2.03. The van der Waals surface area contributed by atoms with E-state index in [4.69, 9.17) is 21.1 Å². The number of allylic oxidation sites excluding steroid dienone is 3. The summed E-state index contributed by atoms with van der Waals surface area (Å²) in [5.74, 6) is -5.83. The SMILES string of the molecule is CCc1ccc(N2C(=O)C3CC=C4C(CC5C(=O)N(Nc6ccc(F)cc6)C(=O)C5(c5ccc(Cl)cc5)C4C=Cc4cc(OC)c(O)c(OC)c4)C3C2=O)cc1. The fraction of sp³-hybridized carbons (Fsp3) is 0.273. The van der Waals surface area contributed by atoms with Gasteiger partial charge in [0.2, 0.25) is 17.6 Å². The fourth-order valence-electron chi connectivity index (χ4n) is 9.25. The van der Waals surface area contributed by atoms with Crippen molar-refractivity contribution in [1.29, 1.82) is 0 Å². The first-order chi connectivity index (χ1) is 27.0. The van der Waals surface area contributed by atoms with E-state index in [1.807, 2.05) is 31.2 Å². The first-order valence-corrected chi connectivity index (χ1v) is 18.9. The summed E-state index contributed by atoms with van der Waals surface area (Å²) < 4.78 is 24.8. The lowest BCUT2D eigenvalue weighted by Gasteiger charge is -2.49. The molecule has 3 fully saturated rings. The van der Waals surface area contributed by atoms with Gasteiger partial charge in [0, 0.05) is 10.9 Å². The van der Waals surface area contributed by atoms with E-state index in [-0.39, 0.29) is 41.9 Å². The van der Waals surface area contributed by atoms with E-state index in [1.165, 1.54) is 43.4 Å². The quantitative estimate of drug-likeness (QED) is 0.132. The number of hydrogen-bond acceptors (Lipinski definition) is 8. The highest BCUT2D eigenvalue weighted by atomic mass is 35.5. The summed E-state index contributed by atoms with van der Waals surface area (Å²) in [7, 11) is 2.84. The third kappa shape index (κ3) is 5.75. The van der Waals surface area contributed by atoms with Crippen molar-refractivity contribution in [2.75, 3.05) is 24.5 Å². The second kappa shape index (κ2) is 14.3. The smallest absolute Gasteiger partial charge is 0.260 e. The molecule has 2 aliphatic carbocycles. The van der Waals surface area contributed by atoms with Gasteiger partial charge in [0.15, 0.2) is 11.5 Å². The number of phenols is 1. The molecule has 0 aromatic heterocycles. The van der Waals surface area contributed by atoms with Crippen LogP contribution in [0.1, 0.15) is 36.5 Å². The average molecular weight is 776 g/mol. The molecule has 4 amide bonds. The van der Waals surface area contributed by atoms with E-state index in [1.54, 1.807) is 54.6 Å². The molecule has 2 heterocycles. The number of carbonyl (C=O) groups is 4. The zero-order chi connectivity index (χ0) is 39.5. The molecule has 2 N–H and O–H groups in total. The van der Waals surface area contributed by atoms with Crippen molar-refractivity contribution in [3.63, 3.8) is 0 Å². The molecule has 286 valence electrons. The normalized spacial score (nSPS) is 25.6. The van der Waals surface area contributed by atoms with Crippen LogP contribution in [0.3, 0.4) is 0 Å². The predicted octanol–water partition coefficient (Wildman–Crippen LogP) is 7.50. The number of nitrogens with one attached hydrogen (secondary N) is 1. The van der Waals surface area contributed by atoms with Crippen LogP contribution in [0.2, 0.25) is 5.02 Å². The Labute approximate surface area is 328 Å². The van der Waals surface area contributed by atoms with Crippen molar-refractivity contribution in [2.45, 2.75) is 31.6 Å². The summed E-state index contributed by atoms with van der Waals surface area (Å²) in [6, 6.07) is 22.8. The zero-order valence-corrected chi connectivity index (χ0v) is 31.6. The molecule has 0 radical (unpaired) electrons. The van der Waals surface area contributed by atoms with Crippen LogP contribution in [-0.4, -0.2) is 48.0 Å². The Morgan fingerprint density at radius 3 is 2.18 bits per heavy atom. The van der Waals surface area contributed by atoms with Crippen molar-refractivity contribution < 1.29 is 38.1 Å². The molecule has 4 aliphatic rings. The number of rotatable bonds is 9. The predicted molar refractivity (Wildman–Crippen MR) is 208 cm³/mol. The Balaban J connectivity index is 1.30.